The second-order valence-electron chi connectivity index (χ2n) is 10.1. The molecule has 1 aliphatic carbocycles. The number of hydrogen-bond donors (Lipinski definition) is 2. The molecule has 1 aliphatic rings. The van der Waals surface area contributed by atoms with Gasteiger partial charge in [0.05, 0.1) is 33.5 Å². The van der Waals surface area contributed by atoms with Gasteiger partial charge in [-0.3, -0.25) is 23.7 Å². The zero-order chi connectivity index (χ0) is 29.8. The van der Waals surface area contributed by atoms with Gasteiger partial charge < -0.3 is 15.4 Å². The Morgan fingerprint density at radius 1 is 1.07 bits per heavy atom. The summed E-state index contributed by atoms with van der Waals surface area (Å²) in [5, 5.41) is 5.43. The van der Waals surface area contributed by atoms with E-state index < -0.39 is 18.0 Å². The second kappa shape index (κ2) is 12.7. The minimum Gasteiger partial charge on any atom is -0.468 e. The molecule has 1 aromatic carbocycles. The molecule has 0 bridgehead atoms. The predicted octanol–water partition coefficient (Wildman–Crippen LogP) is 4.29. The summed E-state index contributed by atoms with van der Waals surface area (Å²) in [6, 6.07) is 11.8. The lowest BCUT2D eigenvalue weighted by Gasteiger charge is -2.29. The summed E-state index contributed by atoms with van der Waals surface area (Å²) in [7, 11) is 1.52. The van der Waals surface area contributed by atoms with Crippen molar-refractivity contribution in [3.8, 4) is 11.6 Å². The predicted molar refractivity (Wildman–Crippen MR) is 152 cm³/mol. The van der Waals surface area contributed by atoms with E-state index in [0.29, 0.717) is 25.1 Å². The number of likely N-dealkylation sites (N-methyl/N-ethyl adjacent to an activating group) is 1. The number of para-hydroxylation sites is 2. The number of aromatic nitrogens is 4. The van der Waals surface area contributed by atoms with Crippen LogP contribution in [0.4, 0.5) is 8.78 Å². The first-order valence-corrected chi connectivity index (χ1v) is 13.9. The van der Waals surface area contributed by atoms with Gasteiger partial charge in [-0.15, -0.1) is 0 Å². The second-order valence-corrected chi connectivity index (χ2v) is 10.5. The van der Waals surface area contributed by atoms with Gasteiger partial charge >= 0.3 is 5.69 Å². The van der Waals surface area contributed by atoms with Gasteiger partial charge in [-0.1, -0.05) is 23.7 Å². The molecule has 0 saturated heterocycles. The van der Waals surface area contributed by atoms with Crippen LogP contribution in [-0.4, -0.2) is 50.6 Å². The number of halogens is 3. The summed E-state index contributed by atoms with van der Waals surface area (Å²) in [6.45, 7) is 0.324. The highest BCUT2D eigenvalue weighted by atomic mass is 35.5. The van der Waals surface area contributed by atoms with E-state index in [4.69, 9.17) is 16.3 Å². The lowest BCUT2D eigenvalue weighted by Crippen LogP contribution is -2.39. The molecule has 10 nitrogen and oxygen atoms in total. The first-order chi connectivity index (χ1) is 20.2. The number of hydrogen-bond acceptors (Lipinski definition) is 6. The maximum Gasteiger partial charge on any atom is 0.333 e. The summed E-state index contributed by atoms with van der Waals surface area (Å²) >= 11 is 5.90. The van der Waals surface area contributed by atoms with Gasteiger partial charge in [-0.25, -0.2) is 18.6 Å². The van der Waals surface area contributed by atoms with Crippen LogP contribution in [0.5, 0.6) is 5.88 Å². The molecule has 5 rings (SSSR count). The highest BCUT2D eigenvalue weighted by Crippen LogP contribution is 2.29. The molecule has 2 amide bonds. The standard InChI is InChI=1S/C29H29ClF2N6O4/c1-33-24(39)16-42-25-11-10-20(14-34-25)38-23-5-3-2-4-22(23)37(29(38)41)15-17-6-8-19(9-7-17)36-28(40)21-12-18(30)13-35-26(21)27(31)32/h2-5,10-14,17,19,27H,6-9,15-16H2,1H3,(H,33,39)(H,36,40). The number of fused-ring (bicyclic) bond motifs is 1. The van der Waals surface area contributed by atoms with Gasteiger partial charge in [0, 0.05) is 31.9 Å². The molecule has 4 aromatic rings. The van der Waals surface area contributed by atoms with E-state index >= 15 is 0 Å². The van der Waals surface area contributed by atoms with E-state index in [9.17, 15) is 23.2 Å². The Balaban J connectivity index is 1.27. The monoisotopic (exact) mass is 598 g/mol. The summed E-state index contributed by atoms with van der Waals surface area (Å²) in [5.74, 6) is -0.462. The van der Waals surface area contributed by atoms with Crippen molar-refractivity contribution in [3.63, 3.8) is 0 Å². The van der Waals surface area contributed by atoms with Crippen LogP contribution in [0.15, 0.2) is 59.7 Å². The number of benzene rings is 1. The van der Waals surface area contributed by atoms with E-state index in [2.05, 4.69) is 20.6 Å². The highest BCUT2D eigenvalue weighted by molar-refractivity contribution is 6.30. The average molecular weight is 599 g/mol. The summed E-state index contributed by atoms with van der Waals surface area (Å²) in [6.07, 6.45) is 2.50. The van der Waals surface area contributed by atoms with Crippen LogP contribution in [0, 0.1) is 5.92 Å². The fraction of sp³-hybridized carbons (Fsp3) is 0.345. The van der Waals surface area contributed by atoms with Gasteiger partial charge in [0.15, 0.2) is 6.61 Å². The van der Waals surface area contributed by atoms with Crippen molar-refractivity contribution in [2.24, 2.45) is 5.92 Å². The van der Waals surface area contributed by atoms with Crippen LogP contribution in [0.25, 0.3) is 16.7 Å². The quantitative estimate of drug-likeness (QED) is 0.297. The number of amides is 2. The van der Waals surface area contributed by atoms with Gasteiger partial charge in [0.2, 0.25) is 5.88 Å². The van der Waals surface area contributed by atoms with E-state index in [1.165, 1.54) is 19.3 Å². The molecular formula is C29H29ClF2N6O4. The van der Waals surface area contributed by atoms with Gasteiger partial charge in [-0.05, 0) is 55.9 Å². The topological polar surface area (TPSA) is 120 Å². The summed E-state index contributed by atoms with van der Waals surface area (Å²) in [5.41, 5.74) is 1.05. The van der Waals surface area contributed by atoms with Crippen molar-refractivity contribution in [3.05, 3.63) is 81.6 Å². The van der Waals surface area contributed by atoms with Crippen LogP contribution >= 0.6 is 11.6 Å². The number of alkyl halides is 2. The molecule has 13 heteroatoms. The van der Waals surface area contributed by atoms with Crippen molar-refractivity contribution < 1.29 is 23.1 Å². The number of ether oxygens (including phenoxy) is 1. The van der Waals surface area contributed by atoms with Crippen LogP contribution in [0.2, 0.25) is 5.02 Å². The van der Waals surface area contributed by atoms with Gasteiger partial charge in [0.25, 0.3) is 18.2 Å². The van der Waals surface area contributed by atoms with Crippen LogP contribution in [0.1, 0.15) is 48.2 Å². The SMILES string of the molecule is CNC(=O)COc1ccc(-n2c(=O)n(CC3CCC(NC(=O)c4cc(Cl)cnc4C(F)F)CC3)c3ccccc32)cn1. The first kappa shape index (κ1) is 29.2. The highest BCUT2D eigenvalue weighted by Gasteiger charge is 2.27. The van der Waals surface area contributed by atoms with Crippen molar-refractivity contribution in [1.82, 2.24) is 29.7 Å². The van der Waals surface area contributed by atoms with Crippen LogP contribution in [0.3, 0.4) is 0 Å². The maximum absolute atomic E-state index is 13.7. The number of pyridine rings is 2. The van der Waals surface area contributed by atoms with Crippen molar-refractivity contribution in [2.75, 3.05) is 13.7 Å². The number of nitrogens with zero attached hydrogens (tertiary/aromatic N) is 4. The first-order valence-electron chi connectivity index (χ1n) is 13.5. The number of rotatable bonds is 9. The molecular weight excluding hydrogens is 570 g/mol. The largest absolute Gasteiger partial charge is 0.468 e. The Morgan fingerprint density at radius 2 is 1.81 bits per heavy atom. The molecule has 3 heterocycles. The molecule has 0 atom stereocenters. The summed E-state index contributed by atoms with van der Waals surface area (Å²) in [4.78, 5) is 45.7. The van der Waals surface area contributed by atoms with Crippen LogP contribution in [-0.2, 0) is 11.3 Å². The Hall–Kier alpha value is -4.32. The third-order valence-corrected chi connectivity index (χ3v) is 7.61. The Labute approximate surface area is 244 Å². The molecule has 42 heavy (non-hydrogen) atoms. The zero-order valence-electron chi connectivity index (χ0n) is 22.7. The fourth-order valence-electron chi connectivity index (χ4n) is 5.25. The van der Waals surface area contributed by atoms with Crippen LogP contribution < -0.4 is 21.1 Å². The lowest BCUT2D eigenvalue weighted by atomic mass is 9.85. The number of nitrogens with one attached hydrogen (secondary N) is 2. The molecule has 1 fully saturated rings. The molecule has 0 aliphatic heterocycles. The third kappa shape index (κ3) is 6.28. The van der Waals surface area contributed by atoms with Crippen molar-refractivity contribution in [1.29, 1.82) is 0 Å². The molecule has 3 aromatic heterocycles. The van der Waals surface area contributed by atoms with E-state index in [0.717, 1.165) is 30.1 Å². The van der Waals surface area contributed by atoms with Crippen molar-refractivity contribution in [2.45, 2.75) is 44.7 Å². The van der Waals surface area contributed by atoms with E-state index in [-0.39, 0.29) is 46.6 Å². The maximum atomic E-state index is 13.7. The fourth-order valence-corrected chi connectivity index (χ4v) is 5.41. The molecule has 2 N–H and O–H groups in total. The smallest absolute Gasteiger partial charge is 0.333 e. The normalized spacial score (nSPS) is 16.9. The number of imidazole rings is 1. The molecule has 0 radical (unpaired) electrons. The zero-order valence-corrected chi connectivity index (χ0v) is 23.5. The average Bonchev–Trinajstić information content (AvgIpc) is 3.27. The van der Waals surface area contributed by atoms with E-state index in [1.54, 1.807) is 21.3 Å². The van der Waals surface area contributed by atoms with Crippen molar-refractivity contribution >= 4 is 34.4 Å². The Bertz CT molecular complexity index is 1650. The molecule has 0 spiro atoms. The van der Waals surface area contributed by atoms with Gasteiger partial charge in [0.1, 0.15) is 5.69 Å². The number of carbonyl (C=O) groups excluding carboxylic acids is 2. The lowest BCUT2D eigenvalue weighted by molar-refractivity contribution is -0.122. The van der Waals surface area contributed by atoms with Gasteiger partial charge in [-0.2, -0.15) is 0 Å². The number of carbonyl (C=O) groups is 2. The van der Waals surface area contributed by atoms with E-state index in [1.807, 2.05) is 24.3 Å². The minimum atomic E-state index is -2.89. The molecule has 1 saturated carbocycles. The molecule has 0 unspecified atom stereocenters. The minimum absolute atomic E-state index is 0.110. The Kier molecular flexibility index (Phi) is 8.81. The third-order valence-electron chi connectivity index (χ3n) is 7.40. The molecule has 220 valence electrons. The Morgan fingerprint density at radius 3 is 2.48 bits per heavy atom. The summed E-state index contributed by atoms with van der Waals surface area (Å²) < 4.78 is 35.4.